The number of carbonyl (C=O) groups excluding carboxylic acids is 1. The summed E-state index contributed by atoms with van der Waals surface area (Å²) in [6, 6.07) is 3.20. The van der Waals surface area contributed by atoms with Crippen LogP contribution in [0.3, 0.4) is 0 Å². The number of halogens is 2. The lowest BCUT2D eigenvalue weighted by Gasteiger charge is -2.30. The Morgan fingerprint density at radius 2 is 1.98 bits per heavy atom. The zero-order valence-electron chi connectivity index (χ0n) is 24.0. The average Bonchev–Trinajstić information content (AvgIpc) is 3.62. The molecule has 3 aromatic rings. The number of hydrogen-bond donors (Lipinski definition) is 2. The Hall–Kier alpha value is -3.39. The molecule has 2 saturated heterocycles. The van der Waals surface area contributed by atoms with Crippen LogP contribution in [0.5, 0.6) is 5.75 Å². The standard InChI is InChI=1S/C29H34ClFN6O5S/c1-3-42-16-19-5-4-8-37(19)15-23-25(18-11-20(30)26(41-2)21(31)12-18)34-29(43-23)35-27(38)22-13-33-24(14-32-22)36-9-6-17(7-10-36)28(39)40/h11-14,17,19H,3-10,15-16H2,1-2H3,(H,39,40)(H,34,35,38)/t19-/m0/s1. The number of amides is 1. The van der Waals surface area contributed by atoms with Crippen molar-refractivity contribution in [3.8, 4) is 17.0 Å². The van der Waals surface area contributed by atoms with Gasteiger partial charge < -0.3 is 19.5 Å². The molecule has 1 aromatic carbocycles. The molecule has 2 fully saturated rings. The van der Waals surface area contributed by atoms with E-state index in [0.29, 0.717) is 67.9 Å². The number of hydrogen-bond acceptors (Lipinski definition) is 10. The maximum Gasteiger partial charge on any atom is 0.306 e. The van der Waals surface area contributed by atoms with Crippen LogP contribution in [0.2, 0.25) is 5.02 Å². The molecule has 0 spiro atoms. The third-order valence-electron chi connectivity index (χ3n) is 7.79. The number of likely N-dealkylation sites (tertiary alicyclic amines) is 1. The third-order valence-corrected chi connectivity index (χ3v) is 9.03. The Bertz CT molecular complexity index is 1430. The van der Waals surface area contributed by atoms with Crippen LogP contribution in [0.1, 0.15) is 48.0 Å². The molecule has 1 amide bonds. The van der Waals surface area contributed by atoms with Crippen molar-refractivity contribution in [3.63, 3.8) is 0 Å². The monoisotopic (exact) mass is 632 g/mol. The first-order chi connectivity index (χ1) is 20.8. The van der Waals surface area contributed by atoms with E-state index in [9.17, 15) is 19.1 Å². The number of carboxylic acid groups (broad SMARTS) is 1. The van der Waals surface area contributed by atoms with Crippen LogP contribution in [0.4, 0.5) is 15.3 Å². The Morgan fingerprint density at radius 3 is 2.63 bits per heavy atom. The van der Waals surface area contributed by atoms with Gasteiger partial charge in [0.1, 0.15) is 11.5 Å². The van der Waals surface area contributed by atoms with Gasteiger partial charge in [0.2, 0.25) is 0 Å². The quantitative estimate of drug-likeness (QED) is 0.299. The third kappa shape index (κ3) is 7.23. The van der Waals surface area contributed by atoms with Crippen molar-refractivity contribution in [2.24, 2.45) is 5.92 Å². The SMILES string of the molecule is CCOC[C@@H]1CCCN1Cc1sc(NC(=O)c2cnc(N3CCC(C(=O)O)CC3)cn2)nc1-c1cc(F)c(OC)c(Cl)c1. The molecule has 2 aromatic heterocycles. The van der Waals surface area contributed by atoms with E-state index in [1.165, 1.54) is 36.9 Å². The zero-order chi connectivity index (χ0) is 30.5. The highest BCUT2D eigenvalue weighted by molar-refractivity contribution is 7.16. The van der Waals surface area contributed by atoms with E-state index in [1.807, 2.05) is 11.8 Å². The maximum atomic E-state index is 14.8. The van der Waals surface area contributed by atoms with Crippen LogP contribution < -0.4 is 15.0 Å². The largest absolute Gasteiger partial charge is 0.492 e. The van der Waals surface area contributed by atoms with Crippen molar-refractivity contribution in [1.29, 1.82) is 0 Å². The molecule has 4 heterocycles. The number of piperidine rings is 1. The Morgan fingerprint density at radius 1 is 1.19 bits per heavy atom. The number of benzene rings is 1. The first-order valence-electron chi connectivity index (χ1n) is 14.2. The Labute approximate surface area is 258 Å². The summed E-state index contributed by atoms with van der Waals surface area (Å²) in [6.45, 7) is 5.80. The first-order valence-corrected chi connectivity index (χ1v) is 15.4. The minimum absolute atomic E-state index is 0.0414. The number of rotatable bonds is 11. The van der Waals surface area contributed by atoms with Gasteiger partial charge in [0.05, 0.1) is 42.7 Å². The summed E-state index contributed by atoms with van der Waals surface area (Å²) < 4.78 is 25.6. The molecule has 0 aliphatic carbocycles. The molecule has 0 bridgehead atoms. The van der Waals surface area contributed by atoms with Gasteiger partial charge in [0.25, 0.3) is 5.91 Å². The van der Waals surface area contributed by atoms with E-state index in [1.54, 1.807) is 6.07 Å². The fourth-order valence-corrected chi connectivity index (χ4v) is 6.77. The summed E-state index contributed by atoms with van der Waals surface area (Å²) in [6.07, 6.45) is 6.03. The van der Waals surface area contributed by atoms with Crippen molar-refractivity contribution < 1.29 is 28.6 Å². The minimum Gasteiger partial charge on any atom is -0.492 e. The smallest absolute Gasteiger partial charge is 0.306 e. The second kappa shape index (κ2) is 13.9. The molecule has 0 saturated carbocycles. The van der Waals surface area contributed by atoms with E-state index in [0.717, 1.165) is 24.3 Å². The topological polar surface area (TPSA) is 130 Å². The number of carbonyl (C=O) groups is 2. The highest BCUT2D eigenvalue weighted by atomic mass is 35.5. The molecule has 1 atom stereocenters. The number of carboxylic acids is 1. The van der Waals surface area contributed by atoms with Crippen LogP contribution in [0.15, 0.2) is 24.5 Å². The molecule has 0 unspecified atom stereocenters. The summed E-state index contributed by atoms with van der Waals surface area (Å²) >= 11 is 7.63. The van der Waals surface area contributed by atoms with Gasteiger partial charge in [0, 0.05) is 42.7 Å². The lowest BCUT2D eigenvalue weighted by Crippen LogP contribution is -2.36. The summed E-state index contributed by atoms with van der Waals surface area (Å²) in [7, 11) is 1.36. The number of aromatic nitrogens is 3. The van der Waals surface area contributed by atoms with Gasteiger partial charge >= 0.3 is 5.97 Å². The average molecular weight is 633 g/mol. The summed E-state index contributed by atoms with van der Waals surface area (Å²) in [4.78, 5) is 42.9. The molecular formula is C29H34ClFN6O5S. The fraction of sp³-hybridized carbons (Fsp3) is 0.483. The van der Waals surface area contributed by atoms with Crippen molar-refractivity contribution in [1.82, 2.24) is 19.9 Å². The predicted octanol–water partition coefficient (Wildman–Crippen LogP) is 4.96. The highest BCUT2D eigenvalue weighted by Crippen LogP contribution is 2.38. The highest BCUT2D eigenvalue weighted by Gasteiger charge is 2.28. The number of thiazole rings is 1. The number of nitrogens with one attached hydrogen (secondary N) is 1. The molecular weight excluding hydrogens is 599 g/mol. The van der Waals surface area contributed by atoms with Gasteiger partial charge in [-0.15, -0.1) is 0 Å². The summed E-state index contributed by atoms with van der Waals surface area (Å²) in [5.74, 6) is -1.67. The second-order valence-electron chi connectivity index (χ2n) is 10.5. The van der Waals surface area contributed by atoms with E-state index in [4.69, 9.17) is 21.1 Å². The normalized spacial score (nSPS) is 17.8. The second-order valence-corrected chi connectivity index (χ2v) is 12.0. The minimum atomic E-state index is -0.780. The number of ether oxygens (including phenoxy) is 2. The first kappa shape index (κ1) is 31.0. The molecule has 11 nitrogen and oxygen atoms in total. The van der Waals surface area contributed by atoms with Gasteiger partial charge in [-0.2, -0.15) is 0 Å². The van der Waals surface area contributed by atoms with Gasteiger partial charge in [-0.25, -0.2) is 19.3 Å². The number of methoxy groups -OCH3 is 1. The van der Waals surface area contributed by atoms with Gasteiger partial charge in [-0.05, 0) is 51.3 Å². The zero-order valence-corrected chi connectivity index (χ0v) is 25.6. The van der Waals surface area contributed by atoms with Crippen LogP contribution in [-0.4, -0.2) is 82.8 Å². The Kier molecular flexibility index (Phi) is 10.1. The van der Waals surface area contributed by atoms with Gasteiger partial charge in [-0.1, -0.05) is 22.9 Å². The van der Waals surface area contributed by atoms with Crippen LogP contribution >= 0.6 is 22.9 Å². The van der Waals surface area contributed by atoms with Gasteiger partial charge in [0.15, 0.2) is 16.7 Å². The van der Waals surface area contributed by atoms with Crippen molar-refractivity contribution in [2.45, 2.75) is 45.2 Å². The van der Waals surface area contributed by atoms with Gasteiger partial charge in [-0.3, -0.25) is 19.8 Å². The fourth-order valence-electron chi connectivity index (χ4n) is 5.48. The molecule has 230 valence electrons. The lowest BCUT2D eigenvalue weighted by atomic mass is 9.97. The molecule has 2 aliphatic heterocycles. The molecule has 43 heavy (non-hydrogen) atoms. The van der Waals surface area contributed by atoms with E-state index in [-0.39, 0.29) is 28.4 Å². The summed E-state index contributed by atoms with van der Waals surface area (Å²) in [5, 5.41) is 12.5. The van der Waals surface area contributed by atoms with Crippen molar-refractivity contribution in [3.05, 3.63) is 45.9 Å². The van der Waals surface area contributed by atoms with Crippen LogP contribution in [0.25, 0.3) is 11.3 Å². The number of anilines is 2. The lowest BCUT2D eigenvalue weighted by molar-refractivity contribution is -0.142. The number of aliphatic carboxylic acids is 1. The van der Waals surface area contributed by atoms with E-state index in [2.05, 4.69) is 25.2 Å². The number of nitrogens with zero attached hydrogens (tertiary/aromatic N) is 5. The maximum absolute atomic E-state index is 14.8. The molecule has 2 N–H and O–H groups in total. The van der Waals surface area contributed by atoms with Crippen LogP contribution in [-0.2, 0) is 16.1 Å². The molecule has 14 heteroatoms. The summed E-state index contributed by atoms with van der Waals surface area (Å²) in [5.41, 5.74) is 1.11. The van der Waals surface area contributed by atoms with Crippen LogP contribution in [0, 0.1) is 11.7 Å². The Balaban J connectivity index is 1.35. The van der Waals surface area contributed by atoms with E-state index >= 15 is 0 Å². The molecule has 2 aliphatic rings. The van der Waals surface area contributed by atoms with E-state index < -0.39 is 17.7 Å². The molecule has 0 radical (unpaired) electrons. The predicted molar refractivity (Wildman–Crippen MR) is 162 cm³/mol. The molecule has 5 rings (SSSR count). The van der Waals surface area contributed by atoms with Crippen molar-refractivity contribution >= 4 is 45.8 Å². The van der Waals surface area contributed by atoms with Crippen molar-refractivity contribution in [2.75, 3.05) is 50.2 Å².